The van der Waals surface area contributed by atoms with Crippen LogP contribution in [0.5, 0.6) is 0 Å². The van der Waals surface area contributed by atoms with Gasteiger partial charge in [0, 0.05) is 6.04 Å². The molecule has 1 aliphatic rings. The number of rotatable bonds is 6. The molecule has 0 amide bonds. The number of thiazole rings is 1. The minimum atomic E-state index is -3.62. The molecule has 1 heterocycles. The second-order valence-corrected chi connectivity index (χ2v) is 7.41. The summed E-state index contributed by atoms with van der Waals surface area (Å²) in [4.78, 5) is 4.01. The predicted octanol–water partition coefficient (Wildman–Crippen LogP) is 1.78. The molecule has 5 nitrogen and oxygen atoms in total. The number of nitrogens with zero attached hydrogens (tertiary/aromatic N) is 1. The average molecular weight is 275 g/mol. The van der Waals surface area contributed by atoms with Crippen LogP contribution in [0.4, 0.5) is 5.13 Å². The van der Waals surface area contributed by atoms with E-state index in [1.165, 1.54) is 25.5 Å². The predicted molar refractivity (Wildman–Crippen MR) is 68.5 cm³/mol. The van der Waals surface area contributed by atoms with Crippen LogP contribution in [0.3, 0.4) is 0 Å². The van der Waals surface area contributed by atoms with Crippen molar-refractivity contribution in [2.45, 2.75) is 42.9 Å². The molecule has 2 rings (SSSR count). The number of nitrogens with one attached hydrogen (secondary N) is 1. The van der Waals surface area contributed by atoms with Crippen LogP contribution < -0.4 is 10.5 Å². The van der Waals surface area contributed by atoms with E-state index in [0.29, 0.717) is 11.2 Å². The zero-order valence-corrected chi connectivity index (χ0v) is 11.4. The van der Waals surface area contributed by atoms with Gasteiger partial charge < -0.3 is 5.32 Å². The second-order valence-electron chi connectivity index (χ2n) is 4.60. The first-order valence-corrected chi connectivity index (χ1v) is 8.06. The van der Waals surface area contributed by atoms with Gasteiger partial charge in [-0.2, -0.15) is 0 Å². The molecule has 3 N–H and O–H groups in total. The van der Waals surface area contributed by atoms with Gasteiger partial charge in [-0.25, -0.2) is 18.5 Å². The molecule has 7 heteroatoms. The highest BCUT2D eigenvalue weighted by Crippen LogP contribution is 2.34. The number of primary sulfonamides is 1. The van der Waals surface area contributed by atoms with Gasteiger partial charge in [0.2, 0.25) is 10.0 Å². The molecule has 1 saturated carbocycles. The molecule has 0 aromatic carbocycles. The third kappa shape index (κ3) is 3.93. The monoisotopic (exact) mass is 275 g/mol. The van der Waals surface area contributed by atoms with Crippen molar-refractivity contribution < 1.29 is 8.42 Å². The van der Waals surface area contributed by atoms with Crippen LogP contribution in [0.25, 0.3) is 0 Å². The highest BCUT2D eigenvalue weighted by molar-refractivity contribution is 7.91. The van der Waals surface area contributed by atoms with Crippen molar-refractivity contribution in [3.05, 3.63) is 6.20 Å². The van der Waals surface area contributed by atoms with E-state index in [0.717, 1.165) is 23.7 Å². The van der Waals surface area contributed by atoms with E-state index in [-0.39, 0.29) is 4.21 Å². The van der Waals surface area contributed by atoms with Crippen molar-refractivity contribution in [3.8, 4) is 0 Å². The molecule has 1 fully saturated rings. The average Bonchev–Trinajstić information content (AvgIpc) is 2.93. The molecular formula is C10H17N3O2S2. The number of sulfonamides is 1. The van der Waals surface area contributed by atoms with Crippen LogP contribution in [0.2, 0.25) is 0 Å². The Labute approximate surface area is 105 Å². The number of aromatic nitrogens is 1. The zero-order chi connectivity index (χ0) is 12.5. The molecule has 1 unspecified atom stereocenters. The highest BCUT2D eigenvalue weighted by atomic mass is 32.2. The minimum absolute atomic E-state index is 0.106. The molecule has 0 aliphatic heterocycles. The molecule has 17 heavy (non-hydrogen) atoms. The van der Waals surface area contributed by atoms with Crippen molar-refractivity contribution in [2.75, 3.05) is 5.32 Å². The van der Waals surface area contributed by atoms with Crippen molar-refractivity contribution >= 4 is 26.5 Å². The van der Waals surface area contributed by atoms with Crippen LogP contribution in [0.1, 0.15) is 32.6 Å². The van der Waals surface area contributed by atoms with E-state index in [9.17, 15) is 8.42 Å². The van der Waals surface area contributed by atoms with Gasteiger partial charge in [0.25, 0.3) is 0 Å². The van der Waals surface area contributed by atoms with Crippen LogP contribution in [0.15, 0.2) is 10.4 Å². The maximum absolute atomic E-state index is 11.1. The lowest BCUT2D eigenvalue weighted by Gasteiger charge is -2.11. The second kappa shape index (κ2) is 4.91. The fourth-order valence-corrected chi connectivity index (χ4v) is 3.20. The van der Waals surface area contributed by atoms with Crippen molar-refractivity contribution in [3.63, 3.8) is 0 Å². The van der Waals surface area contributed by atoms with Gasteiger partial charge in [-0.05, 0) is 25.7 Å². The Bertz CT molecular complexity index is 479. The van der Waals surface area contributed by atoms with Crippen LogP contribution >= 0.6 is 11.3 Å². The maximum Gasteiger partial charge on any atom is 0.249 e. The molecular weight excluding hydrogens is 258 g/mol. The summed E-state index contributed by atoms with van der Waals surface area (Å²) in [6, 6.07) is 0.315. The molecule has 0 saturated heterocycles. The summed E-state index contributed by atoms with van der Waals surface area (Å²) in [5.41, 5.74) is 0. The third-order valence-corrected chi connectivity index (χ3v) is 5.18. The molecule has 1 aliphatic carbocycles. The SMILES string of the molecule is CC(CCC1CC1)Nc1ncc(S(N)(=O)=O)s1. The van der Waals surface area contributed by atoms with E-state index in [1.807, 2.05) is 0 Å². The minimum Gasteiger partial charge on any atom is -0.359 e. The van der Waals surface area contributed by atoms with Crippen molar-refractivity contribution in [1.82, 2.24) is 4.98 Å². The van der Waals surface area contributed by atoms with E-state index in [4.69, 9.17) is 5.14 Å². The number of hydrogen-bond acceptors (Lipinski definition) is 5. The number of anilines is 1. The summed E-state index contributed by atoms with van der Waals surface area (Å²) in [7, 11) is -3.62. The Hall–Kier alpha value is -0.660. The van der Waals surface area contributed by atoms with Crippen LogP contribution in [-0.4, -0.2) is 19.4 Å². The molecule has 1 aromatic rings. The molecule has 96 valence electrons. The van der Waals surface area contributed by atoms with E-state index in [2.05, 4.69) is 17.2 Å². The van der Waals surface area contributed by atoms with Gasteiger partial charge in [-0.1, -0.05) is 24.2 Å². The first kappa shape index (κ1) is 12.8. The van der Waals surface area contributed by atoms with E-state index >= 15 is 0 Å². The van der Waals surface area contributed by atoms with Crippen LogP contribution in [-0.2, 0) is 10.0 Å². The van der Waals surface area contributed by atoms with Gasteiger partial charge >= 0.3 is 0 Å². The number of hydrogen-bond donors (Lipinski definition) is 2. The largest absolute Gasteiger partial charge is 0.359 e. The van der Waals surface area contributed by atoms with Gasteiger partial charge in [-0.3, -0.25) is 0 Å². The quantitative estimate of drug-likeness (QED) is 0.828. The lowest BCUT2D eigenvalue weighted by molar-refractivity contribution is 0.599. The molecule has 0 spiro atoms. The van der Waals surface area contributed by atoms with Gasteiger partial charge in [0.1, 0.15) is 0 Å². The summed E-state index contributed by atoms with van der Waals surface area (Å²) < 4.78 is 22.3. The lowest BCUT2D eigenvalue weighted by atomic mass is 10.1. The van der Waals surface area contributed by atoms with Crippen molar-refractivity contribution in [2.24, 2.45) is 11.1 Å². The summed E-state index contributed by atoms with van der Waals surface area (Å²) in [5, 5.41) is 8.85. The maximum atomic E-state index is 11.1. The van der Waals surface area contributed by atoms with Gasteiger partial charge in [-0.15, -0.1) is 0 Å². The topological polar surface area (TPSA) is 85.1 Å². The van der Waals surface area contributed by atoms with Gasteiger partial charge in [0.05, 0.1) is 6.20 Å². The molecule has 0 bridgehead atoms. The van der Waals surface area contributed by atoms with Crippen LogP contribution in [0, 0.1) is 5.92 Å². The fraction of sp³-hybridized carbons (Fsp3) is 0.700. The normalized spacial score (nSPS) is 18.0. The Morgan fingerprint density at radius 1 is 1.65 bits per heavy atom. The molecule has 1 aromatic heterocycles. The zero-order valence-electron chi connectivity index (χ0n) is 9.72. The van der Waals surface area contributed by atoms with E-state index in [1.54, 1.807) is 0 Å². The first-order chi connectivity index (χ1) is 7.95. The first-order valence-electron chi connectivity index (χ1n) is 5.70. The Morgan fingerprint density at radius 3 is 2.88 bits per heavy atom. The molecule has 0 radical (unpaired) electrons. The third-order valence-electron chi connectivity index (χ3n) is 2.84. The Kier molecular flexibility index (Phi) is 3.70. The highest BCUT2D eigenvalue weighted by Gasteiger charge is 2.21. The summed E-state index contributed by atoms with van der Waals surface area (Å²) in [6.45, 7) is 2.08. The van der Waals surface area contributed by atoms with Gasteiger partial charge in [0.15, 0.2) is 9.34 Å². The summed E-state index contributed by atoms with van der Waals surface area (Å²) in [6.07, 6.45) is 6.35. The smallest absolute Gasteiger partial charge is 0.249 e. The number of nitrogens with two attached hydrogens (primary N) is 1. The molecule has 1 atom stereocenters. The van der Waals surface area contributed by atoms with E-state index < -0.39 is 10.0 Å². The lowest BCUT2D eigenvalue weighted by Crippen LogP contribution is -2.14. The van der Waals surface area contributed by atoms with Crippen molar-refractivity contribution in [1.29, 1.82) is 0 Å². The fourth-order valence-electron chi connectivity index (χ4n) is 1.63. The summed E-state index contributed by atoms with van der Waals surface area (Å²) in [5.74, 6) is 0.913. The standard InChI is InChI=1S/C10H17N3O2S2/c1-7(2-3-8-4-5-8)13-10-12-6-9(16-10)17(11,14)15/h6-8H,2-5H2,1H3,(H,12,13)(H2,11,14,15). The summed E-state index contributed by atoms with van der Waals surface area (Å²) >= 11 is 1.08. The Balaban J connectivity index is 1.87. The Morgan fingerprint density at radius 2 is 2.35 bits per heavy atom.